The van der Waals surface area contributed by atoms with Crippen molar-refractivity contribution in [2.24, 2.45) is 5.41 Å². The molecule has 1 aliphatic rings. The van der Waals surface area contributed by atoms with Crippen molar-refractivity contribution in [1.29, 1.82) is 10.5 Å². The third-order valence-corrected chi connectivity index (χ3v) is 6.68. The second-order valence-corrected chi connectivity index (χ2v) is 8.05. The molecule has 1 aliphatic carbocycles. The van der Waals surface area contributed by atoms with Gasteiger partial charge in [-0.3, -0.25) is 0 Å². The molecule has 0 saturated heterocycles. The van der Waals surface area contributed by atoms with Gasteiger partial charge in [-0.15, -0.1) is 0 Å². The Hall–Kier alpha value is -2.41. The molecule has 0 bridgehead atoms. The van der Waals surface area contributed by atoms with Crippen LogP contribution >= 0.6 is 11.6 Å². The van der Waals surface area contributed by atoms with Crippen LogP contribution in [-0.4, -0.2) is 13.7 Å². The number of benzene rings is 2. The van der Waals surface area contributed by atoms with Crippen LogP contribution in [-0.2, 0) is 9.84 Å². The highest BCUT2D eigenvalue weighted by molar-refractivity contribution is 7.92. The predicted molar refractivity (Wildman–Crippen MR) is 85.2 cm³/mol. The van der Waals surface area contributed by atoms with Crippen molar-refractivity contribution in [3.05, 3.63) is 64.9 Å². The lowest BCUT2D eigenvalue weighted by Crippen LogP contribution is -2.14. The maximum absolute atomic E-state index is 13.5. The fourth-order valence-electron chi connectivity index (χ4n) is 2.98. The first kappa shape index (κ1) is 16.4. The molecule has 4 nitrogen and oxygen atoms in total. The first-order chi connectivity index (χ1) is 11.4. The van der Waals surface area contributed by atoms with Gasteiger partial charge in [0, 0.05) is 10.9 Å². The normalized spacial score (nSPS) is 21.5. The molecule has 24 heavy (non-hydrogen) atoms. The van der Waals surface area contributed by atoms with Crippen LogP contribution < -0.4 is 0 Å². The van der Waals surface area contributed by atoms with E-state index < -0.39 is 32.2 Å². The molecule has 0 heterocycles. The molecule has 2 aromatic rings. The maximum Gasteiger partial charge on any atom is 0.184 e. The van der Waals surface area contributed by atoms with E-state index in [9.17, 15) is 23.3 Å². The van der Waals surface area contributed by atoms with Gasteiger partial charge in [0.2, 0.25) is 0 Å². The molecule has 1 fully saturated rings. The van der Waals surface area contributed by atoms with Crippen LogP contribution in [0, 0.1) is 33.9 Å². The summed E-state index contributed by atoms with van der Waals surface area (Å²) < 4.78 is 39.2. The summed E-state index contributed by atoms with van der Waals surface area (Å²) in [4.78, 5) is -0.0225. The zero-order valence-electron chi connectivity index (χ0n) is 12.1. The SMILES string of the molecule is N#CC1(C#N)C(c2cccc(F)c2)C1S(=O)(=O)c1ccc(Cl)cc1. The molecule has 0 spiro atoms. The number of nitrogens with zero attached hydrogens (tertiary/aromatic N) is 2. The van der Waals surface area contributed by atoms with E-state index >= 15 is 0 Å². The van der Waals surface area contributed by atoms with Crippen molar-refractivity contribution >= 4 is 21.4 Å². The zero-order chi connectivity index (χ0) is 17.5. The molecule has 2 atom stereocenters. The number of rotatable bonds is 3. The minimum absolute atomic E-state index is 0.0225. The fraction of sp³-hybridized carbons (Fsp3) is 0.176. The molecule has 2 aromatic carbocycles. The molecular weight excluding hydrogens is 351 g/mol. The van der Waals surface area contributed by atoms with E-state index in [0.29, 0.717) is 10.6 Å². The summed E-state index contributed by atoms with van der Waals surface area (Å²) in [6.45, 7) is 0. The minimum atomic E-state index is -3.95. The summed E-state index contributed by atoms with van der Waals surface area (Å²) in [5.41, 5.74) is -1.41. The highest BCUT2D eigenvalue weighted by Gasteiger charge is 2.73. The third-order valence-electron chi connectivity index (χ3n) is 4.19. The van der Waals surface area contributed by atoms with E-state index in [1.807, 2.05) is 12.1 Å². The number of hydrogen-bond donors (Lipinski definition) is 0. The van der Waals surface area contributed by atoms with Crippen LogP contribution in [0.3, 0.4) is 0 Å². The highest BCUT2D eigenvalue weighted by Crippen LogP contribution is 2.63. The van der Waals surface area contributed by atoms with Gasteiger partial charge in [0.25, 0.3) is 0 Å². The summed E-state index contributed by atoms with van der Waals surface area (Å²) in [6, 6.07) is 14.5. The average molecular weight is 361 g/mol. The van der Waals surface area contributed by atoms with E-state index in [0.717, 1.165) is 6.07 Å². The van der Waals surface area contributed by atoms with Gasteiger partial charge in [-0.05, 0) is 42.0 Å². The van der Waals surface area contributed by atoms with Gasteiger partial charge in [-0.25, -0.2) is 12.8 Å². The van der Waals surface area contributed by atoms with Gasteiger partial charge in [-0.1, -0.05) is 23.7 Å². The van der Waals surface area contributed by atoms with E-state index in [1.54, 1.807) is 0 Å². The Balaban J connectivity index is 2.11. The summed E-state index contributed by atoms with van der Waals surface area (Å²) in [7, 11) is -3.95. The van der Waals surface area contributed by atoms with Crippen LogP contribution in [0.5, 0.6) is 0 Å². The molecule has 2 unspecified atom stereocenters. The first-order valence-corrected chi connectivity index (χ1v) is 8.86. The summed E-state index contributed by atoms with van der Waals surface area (Å²) >= 11 is 5.77. The monoisotopic (exact) mass is 360 g/mol. The largest absolute Gasteiger partial charge is 0.223 e. The maximum atomic E-state index is 13.5. The lowest BCUT2D eigenvalue weighted by molar-refractivity contribution is 0.591. The van der Waals surface area contributed by atoms with Crippen molar-refractivity contribution in [3.8, 4) is 12.1 Å². The van der Waals surface area contributed by atoms with Gasteiger partial charge in [0.15, 0.2) is 15.3 Å². The molecule has 0 aliphatic heterocycles. The Morgan fingerprint density at radius 1 is 1.08 bits per heavy atom. The lowest BCUT2D eigenvalue weighted by Gasteiger charge is -2.04. The minimum Gasteiger partial charge on any atom is -0.223 e. The quantitative estimate of drug-likeness (QED) is 0.839. The Labute approximate surface area is 143 Å². The topological polar surface area (TPSA) is 81.7 Å². The molecular formula is C17H10ClFN2O2S. The van der Waals surface area contributed by atoms with Crippen molar-refractivity contribution < 1.29 is 12.8 Å². The van der Waals surface area contributed by atoms with Gasteiger partial charge < -0.3 is 0 Å². The smallest absolute Gasteiger partial charge is 0.184 e. The van der Waals surface area contributed by atoms with E-state index in [-0.39, 0.29) is 4.90 Å². The van der Waals surface area contributed by atoms with E-state index in [1.165, 1.54) is 42.5 Å². The van der Waals surface area contributed by atoms with Crippen LogP contribution in [0.2, 0.25) is 5.02 Å². The summed E-state index contributed by atoms with van der Waals surface area (Å²) in [6.07, 6.45) is 0. The highest BCUT2D eigenvalue weighted by atomic mass is 35.5. The Morgan fingerprint density at radius 3 is 2.25 bits per heavy atom. The third kappa shape index (κ3) is 2.36. The van der Waals surface area contributed by atoms with Crippen LogP contribution in [0.1, 0.15) is 11.5 Å². The average Bonchev–Trinajstić information content (AvgIpc) is 3.26. The Kier molecular flexibility index (Phi) is 3.83. The molecule has 0 N–H and O–H groups in total. The standard InChI is InChI=1S/C17H10ClFN2O2S/c18-12-4-6-14(7-5-12)24(22,23)16-15(17(16,9-20)10-21)11-2-1-3-13(19)8-11/h1-8,15-16H. The van der Waals surface area contributed by atoms with Gasteiger partial charge in [0.1, 0.15) is 11.1 Å². The zero-order valence-corrected chi connectivity index (χ0v) is 13.7. The second-order valence-electron chi connectivity index (χ2n) is 5.54. The fourth-order valence-corrected chi connectivity index (χ4v) is 5.31. The number of sulfone groups is 1. The Morgan fingerprint density at radius 2 is 1.71 bits per heavy atom. The van der Waals surface area contributed by atoms with Gasteiger partial charge >= 0.3 is 0 Å². The number of halogens is 2. The molecule has 0 amide bonds. The Bertz CT molecular complexity index is 976. The molecule has 3 rings (SSSR count). The second kappa shape index (κ2) is 5.59. The van der Waals surface area contributed by atoms with Gasteiger partial charge in [0.05, 0.1) is 17.0 Å². The van der Waals surface area contributed by atoms with E-state index in [4.69, 9.17) is 11.6 Å². The van der Waals surface area contributed by atoms with Crippen molar-refractivity contribution in [1.82, 2.24) is 0 Å². The summed E-state index contributed by atoms with van der Waals surface area (Å²) in [5.74, 6) is -1.45. The lowest BCUT2D eigenvalue weighted by atomic mass is 10.0. The molecule has 0 radical (unpaired) electrons. The molecule has 7 heteroatoms. The predicted octanol–water partition coefficient (Wildman–Crippen LogP) is 3.45. The summed E-state index contributed by atoms with van der Waals surface area (Å²) in [5, 5.41) is 18.0. The van der Waals surface area contributed by atoms with Crippen molar-refractivity contribution in [3.63, 3.8) is 0 Å². The number of hydrogen-bond acceptors (Lipinski definition) is 4. The molecule has 1 saturated carbocycles. The van der Waals surface area contributed by atoms with Gasteiger partial charge in [-0.2, -0.15) is 10.5 Å². The molecule has 120 valence electrons. The first-order valence-electron chi connectivity index (χ1n) is 6.94. The van der Waals surface area contributed by atoms with Crippen molar-refractivity contribution in [2.45, 2.75) is 16.1 Å². The van der Waals surface area contributed by atoms with E-state index in [2.05, 4.69) is 0 Å². The number of nitriles is 2. The van der Waals surface area contributed by atoms with Crippen molar-refractivity contribution in [2.75, 3.05) is 0 Å². The van der Waals surface area contributed by atoms with Crippen LogP contribution in [0.4, 0.5) is 4.39 Å². The van der Waals surface area contributed by atoms with Crippen LogP contribution in [0.25, 0.3) is 0 Å². The van der Waals surface area contributed by atoms with Crippen LogP contribution in [0.15, 0.2) is 53.4 Å². The molecule has 0 aromatic heterocycles.